The van der Waals surface area contributed by atoms with Gasteiger partial charge in [0.25, 0.3) is 0 Å². The van der Waals surface area contributed by atoms with E-state index in [-0.39, 0.29) is 19.5 Å². The highest BCUT2D eigenvalue weighted by Gasteiger charge is 2.54. The van der Waals surface area contributed by atoms with Crippen LogP contribution in [0.1, 0.15) is 6.42 Å². The molecule has 4 rings (SSSR count). The topological polar surface area (TPSA) is 353 Å². The van der Waals surface area contributed by atoms with Gasteiger partial charge in [-0.25, -0.2) is 0 Å². The Morgan fingerprint density at radius 1 is 0.524 bits per heavy atom. The standard InChI is InChI=1S/C23H46N6O13/c24-2-7-13(32)15(34)10(28)21(37-7)40-18-6(27)1-5(26)12(31)20(18)42-23-17(36)19(9(4-30)39-23)41-22-11(29)16(35)14(33)8(3-25)38-22/h5-23,30-36H,1-4,24-29H2/t5-,6-,7-,8-,9-,10-,11-,12-,13-,14-,15+,16+,17+,18-,19+,20+,21-,22-,23+/m0/s1. The maximum Gasteiger partial charge on any atom is 0.187 e. The van der Waals surface area contributed by atoms with Crippen molar-refractivity contribution in [1.29, 1.82) is 0 Å². The molecule has 0 aromatic carbocycles. The van der Waals surface area contributed by atoms with Gasteiger partial charge in [-0.3, -0.25) is 0 Å². The van der Waals surface area contributed by atoms with Crippen molar-refractivity contribution in [3.63, 3.8) is 0 Å². The van der Waals surface area contributed by atoms with Gasteiger partial charge in [-0.2, -0.15) is 0 Å². The van der Waals surface area contributed by atoms with E-state index >= 15 is 0 Å². The predicted molar refractivity (Wildman–Crippen MR) is 138 cm³/mol. The Kier molecular flexibility index (Phi) is 11.5. The van der Waals surface area contributed by atoms with Gasteiger partial charge >= 0.3 is 0 Å². The summed E-state index contributed by atoms with van der Waals surface area (Å²) in [6, 6.07) is -4.18. The van der Waals surface area contributed by atoms with Crippen LogP contribution in [0.15, 0.2) is 0 Å². The zero-order valence-electron chi connectivity index (χ0n) is 22.8. The number of rotatable bonds is 9. The predicted octanol–water partition coefficient (Wildman–Crippen LogP) is -8.90. The highest BCUT2D eigenvalue weighted by Crippen LogP contribution is 2.34. The molecule has 0 bridgehead atoms. The van der Waals surface area contributed by atoms with Crippen LogP contribution in [-0.2, 0) is 28.4 Å². The summed E-state index contributed by atoms with van der Waals surface area (Å²) < 4.78 is 34.6. The van der Waals surface area contributed by atoms with Crippen LogP contribution < -0.4 is 34.4 Å². The quantitative estimate of drug-likeness (QED) is 0.115. The fraction of sp³-hybridized carbons (Fsp3) is 1.00. The van der Waals surface area contributed by atoms with E-state index in [0.29, 0.717) is 0 Å². The molecule has 0 unspecified atom stereocenters. The molecular weight excluding hydrogens is 568 g/mol. The molecule has 0 aromatic heterocycles. The molecule has 4 aliphatic rings. The summed E-state index contributed by atoms with van der Waals surface area (Å²) in [6.07, 6.45) is -19.8. The van der Waals surface area contributed by atoms with E-state index in [2.05, 4.69) is 0 Å². The number of hydrogen-bond acceptors (Lipinski definition) is 19. The van der Waals surface area contributed by atoms with Crippen LogP contribution >= 0.6 is 0 Å². The Hall–Kier alpha value is -0.760. The zero-order valence-corrected chi connectivity index (χ0v) is 22.8. The van der Waals surface area contributed by atoms with Crippen LogP contribution in [0.3, 0.4) is 0 Å². The molecular formula is C23H46N6O13. The third-order valence-electron chi connectivity index (χ3n) is 8.37. The largest absolute Gasteiger partial charge is 0.394 e. The Morgan fingerprint density at radius 2 is 0.976 bits per heavy atom. The normalized spacial score (nSPS) is 53.8. The highest BCUT2D eigenvalue weighted by atomic mass is 16.8. The van der Waals surface area contributed by atoms with Crippen molar-refractivity contribution in [2.75, 3.05) is 19.7 Å². The molecule has 1 aliphatic carbocycles. The van der Waals surface area contributed by atoms with Crippen molar-refractivity contribution in [2.24, 2.45) is 34.4 Å². The van der Waals surface area contributed by atoms with E-state index in [1.807, 2.05) is 0 Å². The van der Waals surface area contributed by atoms with Crippen molar-refractivity contribution in [3.05, 3.63) is 0 Å². The molecule has 4 fully saturated rings. The van der Waals surface area contributed by atoms with Gasteiger partial charge in [-0.05, 0) is 6.42 Å². The van der Waals surface area contributed by atoms with Gasteiger partial charge in [0, 0.05) is 25.2 Å². The van der Waals surface area contributed by atoms with Gasteiger partial charge in [0.2, 0.25) is 0 Å². The van der Waals surface area contributed by atoms with E-state index in [0.717, 1.165) is 0 Å². The fourth-order valence-electron chi connectivity index (χ4n) is 5.74. The molecule has 3 aliphatic heterocycles. The second-order valence-corrected chi connectivity index (χ2v) is 11.2. The third-order valence-corrected chi connectivity index (χ3v) is 8.37. The first-order chi connectivity index (χ1) is 19.8. The molecule has 0 radical (unpaired) electrons. The van der Waals surface area contributed by atoms with Crippen LogP contribution in [0.4, 0.5) is 0 Å². The number of aliphatic hydroxyl groups excluding tert-OH is 7. The maximum atomic E-state index is 11.1. The van der Waals surface area contributed by atoms with Crippen molar-refractivity contribution in [2.45, 2.75) is 123 Å². The van der Waals surface area contributed by atoms with Crippen LogP contribution in [0, 0.1) is 0 Å². The first-order valence-corrected chi connectivity index (χ1v) is 13.9. The Bertz CT molecular complexity index is 868. The summed E-state index contributed by atoms with van der Waals surface area (Å²) in [7, 11) is 0. The molecule has 42 heavy (non-hydrogen) atoms. The molecule has 19 atom stereocenters. The van der Waals surface area contributed by atoms with Crippen LogP contribution in [0.25, 0.3) is 0 Å². The first kappa shape index (κ1) is 34.1. The molecule has 3 saturated heterocycles. The summed E-state index contributed by atoms with van der Waals surface area (Å²) in [5, 5.41) is 73.0. The van der Waals surface area contributed by atoms with Gasteiger partial charge < -0.3 is 98.6 Å². The molecule has 19 heteroatoms. The van der Waals surface area contributed by atoms with Gasteiger partial charge in [0.15, 0.2) is 18.9 Å². The minimum atomic E-state index is -1.60. The van der Waals surface area contributed by atoms with Gasteiger partial charge in [0.05, 0.1) is 24.8 Å². The van der Waals surface area contributed by atoms with Crippen molar-refractivity contribution < 1.29 is 64.2 Å². The lowest BCUT2D eigenvalue weighted by Gasteiger charge is -2.47. The molecule has 19 N–H and O–H groups in total. The minimum absolute atomic E-state index is 0.0889. The Morgan fingerprint density at radius 3 is 1.45 bits per heavy atom. The van der Waals surface area contributed by atoms with Crippen LogP contribution in [0.2, 0.25) is 0 Å². The summed E-state index contributed by atoms with van der Waals surface area (Å²) in [5.74, 6) is 0. The lowest BCUT2D eigenvalue weighted by Crippen LogP contribution is -2.68. The van der Waals surface area contributed by atoms with Gasteiger partial charge in [-0.15, -0.1) is 0 Å². The Balaban J connectivity index is 1.50. The second-order valence-electron chi connectivity index (χ2n) is 11.2. The SMILES string of the molecule is NC[C@@H]1O[C@@H](O[C@@H]2[C@H](O[C@H]3O[C@@H](CO)[C@@H](O[C@@H]4O[C@@H](CN)[C@H](O)[C@H](O)[C@@H]4N)[C@H]3O)[C@@H](O)[C@@H](N)C[C@@H]2N)[C@@H](N)[C@@H](O)[C@H]1O. The van der Waals surface area contributed by atoms with Crippen molar-refractivity contribution >= 4 is 0 Å². The lowest BCUT2D eigenvalue weighted by atomic mass is 9.84. The van der Waals surface area contributed by atoms with Crippen molar-refractivity contribution in [3.8, 4) is 0 Å². The molecule has 1 saturated carbocycles. The zero-order chi connectivity index (χ0) is 31.0. The Labute approximate surface area is 241 Å². The van der Waals surface area contributed by atoms with Gasteiger partial charge in [-0.1, -0.05) is 0 Å². The molecule has 3 heterocycles. The highest BCUT2D eigenvalue weighted by molar-refractivity contribution is 5.02. The van der Waals surface area contributed by atoms with Gasteiger partial charge in [0.1, 0.15) is 67.1 Å². The fourth-order valence-corrected chi connectivity index (χ4v) is 5.74. The molecule has 246 valence electrons. The van der Waals surface area contributed by atoms with E-state index in [1.54, 1.807) is 0 Å². The first-order valence-electron chi connectivity index (χ1n) is 13.9. The smallest absolute Gasteiger partial charge is 0.187 e. The summed E-state index contributed by atoms with van der Waals surface area (Å²) in [5.41, 5.74) is 35.6. The minimum Gasteiger partial charge on any atom is -0.394 e. The van der Waals surface area contributed by atoms with Crippen LogP contribution in [-0.4, -0.2) is 172 Å². The lowest BCUT2D eigenvalue weighted by molar-refractivity contribution is -0.306. The monoisotopic (exact) mass is 614 g/mol. The number of hydrogen-bond donors (Lipinski definition) is 13. The molecule has 0 amide bonds. The average Bonchev–Trinajstić information content (AvgIpc) is 3.27. The number of ether oxygens (including phenoxy) is 6. The average molecular weight is 615 g/mol. The number of aliphatic hydroxyl groups is 7. The molecule has 0 aromatic rings. The summed E-state index contributed by atoms with van der Waals surface area (Å²) in [6.45, 7) is -0.967. The number of nitrogens with two attached hydrogens (primary N) is 6. The van der Waals surface area contributed by atoms with Crippen LogP contribution in [0.5, 0.6) is 0 Å². The third kappa shape index (κ3) is 6.60. The summed E-state index contributed by atoms with van der Waals surface area (Å²) >= 11 is 0. The molecule has 19 nitrogen and oxygen atoms in total. The van der Waals surface area contributed by atoms with E-state index in [1.165, 1.54) is 0 Å². The van der Waals surface area contributed by atoms with Crippen molar-refractivity contribution in [1.82, 2.24) is 0 Å². The van der Waals surface area contributed by atoms with E-state index in [9.17, 15) is 35.7 Å². The van der Waals surface area contributed by atoms with E-state index in [4.69, 9.17) is 62.8 Å². The van der Waals surface area contributed by atoms with E-state index < -0.39 is 123 Å². The second kappa shape index (κ2) is 14.1. The maximum absolute atomic E-state index is 11.1. The molecule has 0 spiro atoms. The summed E-state index contributed by atoms with van der Waals surface area (Å²) in [4.78, 5) is 0.